The van der Waals surface area contributed by atoms with Gasteiger partial charge in [-0.05, 0) is 30.4 Å². The second kappa shape index (κ2) is 4.72. The van der Waals surface area contributed by atoms with Gasteiger partial charge in [0, 0.05) is 18.4 Å². The van der Waals surface area contributed by atoms with Crippen LogP contribution < -0.4 is 9.47 Å². The normalized spacial score (nSPS) is 26.6. The molecule has 4 nitrogen and oxygen atoms in total. The number of benzene rings is 1. The van der Waals surface area contributed by atoms with E-state index < -0.39 is 5.41 Å². The maximum Gasteiger partial charge on any atom is 0.166 e. The average molecular weight is 268 g/mol. The molecule has 1 aromatic rings. The van der Waals surface area contributed by atoms with E-state index in [1.54, 1.807) is 7.11 Å². The highest BCUT2D eigenvalue weighted by molar-refractivity contribution is 5.59. The molecule has 0 spiro atoms. The maximum atomic E-state index is 9.85. The highest BCUT2D eigenvalue weighted by Crippen LogP contribution is 2.53. The Morgan fingerprint density at radius 2 is 2.30 bits per heavy atom. The summed E-state index contributed by atoms with van der Waals surface area (Å²) in [5.74, 6) is 1.47. The Balaban J connectivity index is 2.24. The van der Waals surface area contributed by atoms with Crippen molar-refractivity contribution in [1.29, 1.82) is 10.5 Å². The van der Waals surface area contributed by atoms with Gasteiger partial charge in [-0.15, -0.1) is 0 Å². The molecule has 0 aromatic heterocycles. The minimum Gasteiger partial charge on any atom is -0.493 e. The SMILES string of the molecule is COc1ccc2c3c1OCC[C@]3(C#N)[C@@H](CC#N)CC2. The van der Waals surface area contributed by atoms with Crippen LogP contribution in [0.1, 0.15) is 30.4 Å². The maximum absolute atomic E-state index is 9.85. The Hall–Kier alpha value is -2.20. The Bertz CT molecular complexity index is 627. The van der Waals surface area contributed by atoms with Crippen molar-refractivity contribution >= 4 is 0 Å². The van der Waals surface area contributed by atoms with E-state index in [0.717, 1.165) is 24.0 Å². The van der Waals surface area contributed by atoms with Gasteiger partial charge < -0.3 is 9.47 Å². The molecule has 0 unspecified atom stereocenters. The molecule has 0 amide bonds. The number of nitriles is 2. The molecule has 0 radical (unpaired) electrons. The number of rotatable bonds is 2. The number of methoxy groups -OCH3 is 1. The molecule has 4 heteroatoms. The van der Waals surface area contributed by atoms with Gasteiger partial charge in [0.25, 0.3) is 0 Å². The first-order valence-corrected chi connectivity index (χ1v) is 6.88. The third-order valence-corrected chi connectivity index (χ3v) is 4.61. The first kappa shape index (κ1) is 12.8. The smallest absolute Gasteiger partial charge is 0.166 e. The van der Waals surface area contributed by atoms with Crippen LogP contribution in [0, 0.1) is 28.6 Å². The third kappa shape index (κ3) is 1.58. The fourth-order valence-electron chi connectivity index (χ4n) is 3.62. The monoisotopic (exact) mass is 268 g/mol. The number of ether oxygens (including phenoxy) is 2. The zero-order valence-electron chi connectivity index (χ0n) is 11.5. The number of hydrogen-bond donors (Lipinski definition) is 0. The standard InChI is InChI=1S/C16H16N2O2/c1-19-13-5-3-11-2-4-12(6-8-17)16(10-18)7-9-20-15(13)14(11)16/h3,5,12H,2,4,6-7,9H2,1H3/t12-,16+/m1/s1. The van der Waals surface area contributed by atoms with Crippen LogP contribution in [0.3, 0.4) is 0 Å². The molecule has 1 aromatic carbocycles. The fourth-order valence-corrected chi connectivity index (χ4v) is 3.62. The van der Waals surface area contributed by atoms with Crippen LogP contribution >= 0.6 is 0 Å². The van der Waals surface area contributed by atoms with Crippen LogP contribution in [0.25, 0.3) is 0 Å². The molecule has 1 aliphatic heterocycles. The molecule has 20 heavy (non-hydrogen) atoms. The summed E-state index contributed by atoms with van der Waals surface area (Å²) in [6.45, 7) is 0.502. The second-order valence-corrected chi connectivity index (χ2v) is 5.41. The van der Waals surface area contributed by atoms with Crippen molar-refractivity contribution in [2.24, 2.45) is 5.92 Å². The van der Waals surface area contributed by atoms with Gasteiger partial charge in [0.1, 0.15) is 0 Å². The highest BCUT2D eigenvalue weighted by atomic mass is 16.5. The molecule has 0 saturated carbocycles. The Labute approximate surface area is 118 Å². The summed E-state index contributed by atoms with van der Waals surface area (Å²) in [4.78, 5) is 0. The van der Waals surface area contributed by atoms with E-state index in [4.69, 9.17) is 14.7 Å². The first-order valence-electron chi connectivity index (χ1n) is 6.88. The molecule has 0 saturated heterocycles. The Kier molecular flexibility index (Phi) is 3.03. The fraction of sp³-hybridized carbons (Fsp3) is 0.500. The summed E-state index contributed by atoms with van der Waals surface area (Å²) in [6, 6.07) is 8.69. The molecule has 2 atom stereocenters. The van der Waals surface area contributed by atoms with Crippen molar-refractivity contribution < 1.29 is 9.47 Å². The van der Waals surface area contributed by atoms with Crippen LogP contribution in [-0.2, 0) is 11.8 Å². The van der Waals surface area contributed by atoms with Crippen LogP contribution in [0.4, 0.5) is 0 Å². The van der Waals surface area contributed by atoms with E-state index in [0.29, 0.717) is 30.9 Å². The summed E-state index contributed by atoms with van der Waals surface area (Å²) >= 11 is 0. The lowest BCUT2D eigenvalue weighted by Crippen LogP contribution is -2.42. The van der Waals surface area contributed by atoms with Crippen LogP contribution in [0.15, 0.2) is 12.1 Å². The molecule has 0 fully saturated rings. The summed E-state index contributed by atoms with van der Waals surface area (Å²) < 4.78 is 11.2. The average Bonchev–Trinajstić information content (AvgIpc) is 2.50. The minimum absolute atomic E-state index is 0.0831. The van der Waals surface area contributed by atoms with Gasteiger partial charge >= 0.3 is 0 Å². The van der Waals surface area contributed by atoms with Gasteiger partial charge in [0.15, 0.2) is 11.5 Å². The lowest BCUT2D eigenvalue weighted by molar-refractivity contribution is 0.176. The number of hydrogen-bond acceptors (Lipinski definition) is 4. The van der Waals surface area contributed by atoms with Crippen LogP contribution in [0.5, 0.6) is 11.5 Å². The highest BCUT2D eigenvalue weighted by Gasteiger charge is 2.49. The molecule has 3 rings (SSSR count). The Morgan fingerprint density at radius 1 is 1.45 bits per heavy atom. The molecule has 0 bridgehead atoms. The molecule has 2 aliphatic rings. The molecule has 102 valence electrons. The van der Waals surface area contributed by atoms with Crippen molar-refractivity contribution in [2.45, 2.75) is 31.1 Å². The van der Waals surface area contributed by atoms with E-state index >= 15 is 0 Å². The topological polar surface area (TPSA) is 66.0 Å². The summed E-state index contributed by atoms with van der Waals surface area (Å²) in [7, 11) is 1.61. The van der Waals surface area contributed by atoms with E-state index in [1.165, 1.54) is 0 Å². The van der Waals surface area contributed by atoms with Gasteiger partial charge in [0.05, 0.1) is 31.3 Å². The summed E-state index contributed by atoms with van der Waals surface area (Å²) in [5.41, 5.74) is 1.54. The summed E-state index contributed by atoms with van der Waals surface area (Å²) in [5, 5.41) is 18.9. The van der Waals surface area contributed by atoms with E-state index in [9.17, 15) is 5.26 Å². The molecule has 1 heterocycles. The van der Waals surface area contributed by atoms with Crippen molar-refractivity contribution in [2.75, 3.05) is 13.7 Å². The van der Waals surface area contributed by atoms with Crippen molar-refractivity contribution in [3.05, 3.63) is 23.3 Å². The molecule has 0 N–H and O–H groups in total. The van der Waals surface area contributed by atoms with Crippen molar-refractivity contribution in [3.63, 3.8) is 0 Å². The first-order chi connectivity index (χ1) is 9.76. The quantitative estimate of drug-likeness (QED) is 0.827. The van der Waals surface area contributed by atoms with Gasteiger partial charge in [-0.3, -0.25) is 0 Å². The van der Waals surface area contributed by atoms with Crippen LogP contribution in [0.2, 0.25) is 0 Å². The predicted octanol–water partition coefficient (Wildman–Crippen LogP) is 2.72. The largest absolute Gasteiger partial charge is 0.493 e. The van der Waals surface area contributed by atoms with E-state index in [2.05, 4.69) is 12.1 Å². The van der Waals surface area contributed by atoms with E-state index in [1.807, 2.05) is 12.1 Å². The third-order valence-electron chi connectivity index (χ3n) is 4.61. The van der Waals surface area contributed by atoms with Crippen molar-refractivity contribution in [3.8, 4) is 23.6 Å². The predicted molar refractivity (Wildman–Crippen MR) is 72.4 cm³/mol. The van der Waals surface area contributed by atoms with Gasteiger partial charge in [-0.1, -0.05) is 6.07 Å². The van der Waals surface area contributed by atoms with E-state index in [-0.39, 0.29) is 5.92 Å². The minimum atomic E-state index is -0.592. The molecule has 1 aliphatic carbocycles. The van der Waals surface area contributed by atoms with Crippen molar-refractivity contribution in [1.82, 2.24) is 0 Å². The molecular formula is C16H16N2O2. The number of aryl methyl sites for hydroxylation is 1. The summed E-state index contributed by atoms with van der Waals surface area (Å²) in [6.07, 6.45) is 2.86. The van der Waals surface area contributed by atoms with Crippen LogP contribution in [-0.4, -0.2) is 13.7 Å². The van der Waals surface area contributed by atoms with Gasteiger partial charge in [-0.2, -0.15) is 10.5 Å². The zero-order chi connectivity index (χ0) is 14.2. The lowest BCUT2D eigenvalue weighted by Gasteiger charge is -2.43. The zero-order valence-corrected chi connectivity index (χ0v) is 11.5. The number of nitrogens with zero attached hydrogens (tertiary/aromatic N) is 2. The molecular weight excluding hydrogens is 252 g/mol. The second-order valence-electron chi connectivity index (χ2n) is 5.41. The van der Waals surface area contributed by atoms with Gasteiger partial charge in [0.2, 0.25) is 0 Å². The Morgan fingerprint density at radius 3 is 3.00 bits per heavy atom. The van der Waals surface area contributed by atoms with Gasteiger partial charge in [-0.25, -0.2) is 0 Å². The lowest BCUT2D eigenvalue weighted by atomic mass is 9.60.